The van der Waals surface area contributed by atoms with Crippen molar-refractivity contribution in [1.29, 1.82) is 0 Å². The molecule has 0 aliphatic heterocycles. The first kappa shape index (κ1) is 14.0. The van der Waals surface area contributed by atoms with Crippen molar-refractivity contribution in [3.8, 4) is 0 Å². The van der Waals surface area contributed by atoms with E-state index in [9.17, 15) is 8.42 Å². The lowest BCUT2D eigenvalue weighted by molar-refractivity contribution is 0.580. The van der Waals surface area contributed by atoms with E-state index in [0.29, 0.717) is 15.9 Å². The van der Waals surface area contributed by atoms with E-state index in [1.54, 1.807) is 30.5 Å². The number of aromatic nitrogens is 1. The van der Waals surface area contributed by atoms with Crippen LogP contribution in [0.5, 0.6) is 0 Å². The molecule has 0 aliphatic carbocycles. The highest BCUT2D eigenvalue weighted by Crippen LogP contribution is 2.22. The molecule has 100 valence electrons. The lowest BCUT2D eigenvalue weighted by atomic mass is 10.3. The van der Waals surface area contributed by atoms with Gasteiger partial charge >= 0.3 is 0 Å². The third-order valence-corrected chi connectivity index (χ3v) is 4.57. The van der Waals surface area contributed by atoms with Crippen LogP contribution in [0, 0.1) is 0 Å². The number of nitrogens with two attached hydrogens (primary N) is 1. The van der Waals surface area contributed by atoms with Gasteiger partial charge in [-0.3, -0.25) is 4.98 Å². The summed E-state index contributed by atoms with van der Waals surface area (Å²) in [7, 11) is -3.59. The summed E-state index contributed by atoms with van der Waals surface area (Å²) in [5.41, 5.74) is 6.70. The predicted molar refractivity (Wildman–Crippen MR) is 76.8 cm³/mol. The summed E-state index contributed by atoms with van der Waals surface area (Å²) in [5, 5.41) is 0. The number of pyridine rings is 1. The highest BCUT2D eigenvalue weighted by atomic mass is 79.9. The van der Waals surface area contributed by atoms with Crippen molar-refractivity contribution >= 4 is 31.6 Å². The summed E-state index contributed by atoms with van der Waals surface area (Å²) in [6.45, 7) is 0.138. The molecule has 0 saturated heterocycles. The number of nitrogens with zero attached hydrogens (tertiary/aromatic N) is 1. The third kappa shape index (κ3) is 3.52. The van der Waals surface area contributed by atoms with E-state index in [1.807, 2.05) is 0 Å². The monoisotopic (exact) mass is 341 g/mol. The number of hydrogen-bond donors (Lipinski definition) is 2. The molecule has 1 aromatic carbocycles. The van der Waals surface area contributed by atoms with Crippen molar-refractivity contribution in [2.24, 2.45) is 0 Å². The maximum atomic E-state index is 12.1. The first-order valence-electron chi connectivity index (χ1n) is 5.43. The summed E-state index contributed by atoms with van der Waals surface area (Å²) >= 11 is 3.22. The molecule has 0 aliphatic rings. The van der Waals surface area contributed by atoms with Gasteiger partial charge in [0.2, 0.25) is 10.0 Å². The Hall–Kier alpha value is -1.44. The summed E-state index contributed by atoms with van der Waals surface area (Å²) < 4.78 is 27.3. The summed E-state index contributed by atoms with van der Waals surface area (Å²) in [5.74, 6) is 0. The number of nitrogen functional groups attached to an aromatic ring is 1. The molecule has 0 saturated carbocycles. The van der Waals surface area contributed by atoms with E-state index in [2.05, 4.69) is 25.6 Å². The quantitative estimate of drug-likeness (QED) is 0.831. The van der Waals surface area contributed by atoms with Crippen LogP contribution in [0.2, 0.25) is 0 Å². The molecule has 0 radical (unpaired) electrons. The molecule has 5 nitrogen and oxygen atoms in total. The van der Waals surface area contributed by atoms with Crippen LogP contribution in [0.25, 0.3) is 0 Å². The molecule has 2 aromatic rings. The fourth-order valence-electron chi connectivity index (χ4n) is 1.44. The average molecular weight is 342 g/mol. The molecule has 19 heavy (non-hydrogen) atoms. The molecule has 0 bridgehead atoms. The van der Waals surface area contributed by atoms with Gasteiger partial charge in [-0.05, 0) is 46.3 Å². The van der Waals surface area contributed by atoms with Crippen molar-refractivity contribution in [3.05, 3.63) is 52.8 Å². The minimum atomic E-state index is -3.59. The first-order chi connectivity index (χ1) is 8.99. The molecule has 0 atom stereocenters. The molecular formula is C12H12BrN3O2S. The zero-order chi connectivity index (χ0) is 13.9. The Kier molecular flexibility index (Phi) is 4.18. The Labute approximate surface area is 120 Å². The van der Waals surface area contributed by atoms with Gasteiger partial charge in [-0.1, -0.05) is 6.07 Å². The second kappa shape index (κ2) is 5.68. The van der Waals surface area contributed by atoms with Crippen LogP contribution in [-0.4, -0.2) is 13.4 Å². The Morgan fingerprint density at radius 2 is 2.05 bits per heavy atom. The van der Waals surface area contributed by atoms with Gasteiger partial charge in [-0.15, -0.1) is 0 Å². The highest BCUT2D eigenvalue weighted by molar-refractivity contribution is 9.10. The number of anilines is 1. The molecule has 0 spiro atoms. The topological polar surface area (TPSA) is 85.1 Å². The van der Waals surface area contributed by atoms with Gasteiger partial charge in [0.25, 0.3) is 0 Å². The Morgan fingerprint density at radius 3 is 2.68 bits per heavy atom. The average Bonchev–Trinajstić information content (AvgIpc) is 2.41. The van der Waals surface area contributed by atoms with E-state index >= 15 is 0 Å². The molecule has 2 rings (SSSR count). The fraction of sp³-hybridized carbons (Fsp3) is 0.0833. The standard InChI is InChI=1S/C12H12BrN3O2S/c13-11-5-4-10(7-12(11)14)19(17,18)16-8-9-3-1-2-6-15-9/h1-7,16H,8,14H2. The molecule has 0 unspecified atom stereocenters. The molecule has 0 fully saturated rings. The van der Waals surface area contributed by atoms with E-state index in [-0.39, 0.29) is 11.4 Å². The number of benzene rings is 1. The molecular weight excluding hydrogens is 330 g/mol. The molecule has 3 N–H and O–H groups in total. The smallest absolute Gasteiger partial charge is 0.240 e. The summed E-state index contributed by atoms with van der Waals surface area (Å²) in [6.07, 6.45) is 1.61. The van der Waals surface area contributed by atoms with Crippen LogP contribution in [0.1, 0.15) is 5.69 Å². The van der Waals surface area contributed by atoms with E-state index in [4.69, 9.17) is 5.73 Å². The van der Waals surface area contributed by atoms with Gasteiger partial charge in [0.15, 0.2) is 0 Å². The zero-order valence-electron chi connectivity index (χ0n) is 9.88. The first-order valence-corrected chi connectivity index (χ1v) is 7.71. The van der Waals surface area contributed by atoms with Crippen LogP contribution in [0.4, 0.5) is 5.69 Å². The third-order valence-electron chi connectivity index (χ3n) is 2.45. The maximum Gasteiger partial charge on any atom is 0.240 e. The van der Waals surface area contributed by atoms with Crippen LogP contribution >= 0.6 is 15.9 Å². The number of halogens is 1. The fourth-order valence-corrected chi connectivity index (χ4v) is 2.72. The maximum absolute atomic E-state index is 12.1. The molecule has 7 heteroatoms. The summed E-state index contributed by atoms with van der Waals surface area (Å²) in [4.78, 5) is 4.18. The van der Waals surface area contributed by atoms with Crippen molar-refractivity contribution in [2.75, 3.05) is 5.73 Å². The van der Waals surface area contributed by atoms with Gasteiger partial charge < -0.3 is 5.73 Å². The van der Waals surface area contributed by atoms with Crippen molar-refractivity contribution in [1.82, 2.24) is 9.71 Å². The summed E-state index contributed by atoms with van der Waals surface area (Å²) in [6, 6.07) is 9.82. The van der Waals surface area contributed by atoms with Gasteiger partial charge in [0.1, 0.15) is 0 Å². The SMILES string of the molecule is Nc1cc(S(=O)(=O)NCc2ccccn2)ccc1Br. The van der Waals surface area contributed by atoms with Gasteiger partial charge in [-0.2, -0.15) is 0 Å². The minimum absolute atomic E-state index is 0.129. The molecule has 1 heterocycles. The van der Waals surface area contributed by atoms with Crippen LogP contribution in [-0.2, 0) is 16.6 Å². The lowest BCUT2D eigenvalue weighted by Gasteiger charge is -2.07. The Balaban J connectivity index is 2.16. The number of hydrogen-bond acceptors (Lipinski definition) is 4. The number of sulfonamides is 1. The Bertz CT molecular complexity index is 675. The van der Waals surface area contributed by atoms with Crippen molar-refractivity contribution in [2.45, 2.75) is 11.4 Å². The minimum Gasteiger partial charge on any atom is -0.398 e. The zero-order valence-corrected chi connectivity index (χ0v) is 12.3. The lowest BCUT2D eigenvalue weighted by Crippen LogP contribution is -2.23. The number of nitrogens with one attached hydrogen (secondary N) is 1. The molecule has 0 amide bonds. The van der Waals surface area contributed by atoms with E-state index in [0.717, 1.165) is 0 Å². The van der Waals surface area contributed by atoms with E-state index in [1.165, 1.54) is 12.1 Å². The molecule has 1 aromatic heterocycles. The number of rotatable bonds is 4. The normalized spacial score (nSPS) is 11.4. The van der Waals surface area contributed by atoms with Crippen LogP contribution in [0.3, 0.4) is 0 Å². The van der Waals surface area contributed by atoms with Crippen LogP contribution < -0.4 is 10.5 Å². The second-order valence-corrected chi connectivity index (χ2v) is 6.45. The van der Waals surface area contributed by atoms with Crippen molar-refractivity contribution < 1.29 is 8.42 Å². The van der Waals surface area contributed by atoms with E-state index < -0.39 is 10.0 Å². The van der Waals surface area contributed by atoms with Crippen molar-refractivity contribution in [3.63, 3.8) is 0 Å². The van der Waals surface area contributed by atoms with Gasteiger partial charge in [0, 0.05) is 16.4 Å². The van der Waals surface area contributed by atoms with Gasteiger partial charge in [-0.25, -0.2) is 13.1 Å². The largest absolute Gasteiger partial charge is 0.398 e. The van der Waals surface area contributed by atoms with Gasteiger partial charge in [0.05, 0.1) is 17.1 Å². The second-order valence-electron chi connectivity index (χ2n) is 3.83. The Morgan fingerprint density at radius 1 is 1.26 bits per heavy atom. The predicted octanol–water partition coefficient (Wildman–Crippen LogP) is 1.90. The van der Waals surface area contributed by atoms with Crippen LogP contribution in [0.15, 0.2) is 52.0 Å². The highest BCUT2D eigenvalue weighted by Gasteiger charge is 2.14.